The van der Waals surface area contributed by atoms with E-state index in [0.29, 0.717) is 5.69 Å². The second-order valence-corrected chi connectivity index (χ2v) is 4.88. The van der Waals surface area contributed by atoms with Crippen molar-refractivity contribution in [3.63, 3.8) is 0 Å². The number of aryl methyl sites for hydroxylation is 1. The van der Waals surface area contributed by atoms with Crippen LogP contribution in [0.15, 0.2) is 48.8 Å². The minimum atomic E-state index is -0.191. The molecule has 2 aromatic heterocycles. The van der Waals surface area contributed by atoms with E-state index in [2.05, 4.69) is 34.3 Å². The van der Waals surface area contributed by atoms with Crippen molar-refractivity contribution in [1.82, 2.24) is 15.3 Å². The fourth-order valence-corrected chi connectivity index (χ4v) is 2.29. The van der Waals surface area contributed by atoms with Crippen molar-refractivity contribution in [2.45, 2.75) is 6.92 Å². The maximum Gasteiger partial charge on any atom is 0.269 e. The molecule has 2 heterocycles. The fraction of sp³-hybridized carbons (Fsp3) is 0.118. The number of aromatic nitrogens is 2. The standard InChI is InChI=1S/C17H15N3O/c1-11-4-3-5-12-8-16(20-10-14(11)12)13-6-7-15(19-9-13)17(21)18-2/h3-10H,1-2H3,(H,18,21). The van der Waals surface area contributed by atoms with Gasteiger partial charge in [0.15, 0.2) is 0 Å². The zero-order valence-electron chi connectivity index (χ0n) is 11.9. The molecular formula is C17H15N3O. The van der Waals surface area contributed by atoms with Gasteiger partial charge in [-0.2, -0.15) is 0 Å². The van der Waals surface area contributed by atoms with Crippen LogP contribution in [0.1, 0.15) is 16.1 Å². The van der Waals surface area contributed by atoms with Crippen LogP contribution in [-0.2, 0) is 0 Å². The van der Waals surface area contributed by atoms with Gasteiger partial charge in [0, 0.05) is 30.4 Å². The van der Waals surface area contributed by atoms with Gasteiger partial charge in [0.05, 0.1) is 5.69 Å². The summed E-state index contributed by atoms with van der Waals surface area (Å²) in [5, 5.41) is 4.85. The molecule has 0 unspecified atom stereocenters. The topological polar surface area (TPSA) is 54.9 Å². The van der Waals surface area contributed by atoms with Gasteiger partial charge in [-0.3, -0.25) is 14.8 Å². The van der Waals surface area contributed by atoms with E-state index in [0.717, 1.165) is 22.0 Å². The van der Waals surface area contributed by atoms with Crippen molar-refractivity contribution in [1.29, 1.82) is 0 Å². The van der Waals surface area contributed by atoms with E-state index in [1.807, 2.05) is 24.4 Å². The monoisotopic (exact) mass is 277 g/mol. The minimum absolute atomic E-state index is 0.191. The number of benzene rings is 1. The van der Waals surface area contributed by atoms with E-state index in [-0.39, 0.29) is 5.91 Å². The number of nitrogens with zero attached hydrogens (tertiary/aromatic N) is 2. The van der Waals surface area contributed by atoms with Crippen molar-refractivity contribution >= 4 is 16.7 Å². The summed E-state index contributed by atoms with van der Waals surface area (Å²) >= 11 is 0. The molecule has 0 aliphatic rings. The highest BCUT2D eigenvalue weighted by Gasteiger charge is 2.07. The zero-order chi connectivity index (χ0) is 14.8. The normalized spacial score (nSPS) is 10.6. The van der Waals surface area contributed by atoms with Crippen LogP contribution in [0.3, 0.4) is 0 Å². The van der Waals surface area contributed by atoms with Gasteiger partial charge in [0.25, 0.3) is 5.91 Å². The number of pyridine rings is 2. The van der Waals surface area contributed by atoms with Crippen LogP contribution in [0.25, 0.3) is 22.0 Å². The Hall–Kier alpha value is -2.75. The second kappa shape index (κ2) is 5.32. The SMILES string of the molecule is CNC(=O)c1ccc(-c2cc3cccc(C)c3cn2)cn1. The lowest BCUT2D eigenvalue weighted by Crippen LogP contribution is -2.18. The Morgan fingerprint density at radius 1 is 1.10 bits per heavy atom. The van der Waals surface area contributed by atoms with Gasteiger partial charge in [-0.1, -0.05) is 18.2 Å². The van der Waals surface area contributed by atoms with E-state index in [1.165, 1.54) is 5.56 Å². The molecule has 21 heavy (non-hydrogen) atoms. The number of fused-ring (bicyclic) bond motifs is 1. The molecule has 0 aliphatic heterocycles. The Bertz CT molecular complexity index is 810. The van der Waals surface area contributed by atoms with Crippen molar-refractivity contribution < 1.29 is 4.79 Å². The van der Waals surface area contributed by atoms with Crippen molar-refractivity contribution in [2.75, 3.05) is 7.05 Å². The highest BCUT2D eigenvalue weighted by Crippen LogP contribution is 2.23. The largest absolute Gasteiger partial charge is 0.354 e. The molecule has 104 valence electrons. The Labute approximate surface area is 122 Å². The number of carbonyl (C=O) groups excluding carboxylic acids is 1. The molecule has 0 saturated carbocycles. The fourth-order valence-electron chi connectivity index (χ4n) is 2.29. The summed E-state index contributed by atoms with van der Waals surface area (Å²) in [4.78, 5) is 20.1. The third-order valence-electron chi connectivity index (χ3n) is 3.50. The quantitative estimate of drug-likeness (QED) is 0.783. The molecule has 1 aromatic carbocycles. The highest BCUT2D eigenvalue weighted by molar-refractivity contribution is 5.92. The molecule has 0 bridgehead atoms. The number of hydrogen-bond donors (Lipinski definition) is 1. The summed E-state index contributed by atoms with van der Waals surface area (Å²) < 4.78 is 0. The molecule has 1 N–H and O–H groups in total. The van der Waals surface area contributed by atoms with Crippen molar-refractivity contribution in [2.24, 2.45) is 0 Å². The zero-order valence-corrected chi connectivity index (χ0v) is 11.9. The Morgan fingerprint density at radius 2 is 1.95 bits per heavy atom. The molecule has 4 nitrogen and oxygen atoms in total. The van der Waals surface area contributed by atoms with E-state index in [1.54, 1.807) is 19.3 Å². The van der Waals surface area contributed by atoms with Gasteiger partial charge in [0.1, 0.15) is 5.69 Å². The van der Waals surface area contributed by atoms with E-state index >= 15 is 0 Å². The summed E-state index contributed by atoms with van der Waals surface area (Å²) in [5.41, 5.74) is 3.35. The van der Waals surface area contributed by atoms with Crippen LogP contribution in [0.4, 0.5) is 0 Å². The predicted molar refractivity (Wildman–Crippen MR) is 83.1 cm³/mol. The van der Waals surface area contributed by atoms with Gasteiger partial charge >= 0.3 is 0 Å². The van der Waals surface area contributed by atoms with Crippen molar-refractivity contribution in [3.05, 3.63) is 60.0 Å². The summed E-state index contributed by atoms with van der Waals surface area (Å²) in [7, 11) is 1.59. The first-order valence-corrected chi connectivity index (χ1v) is 6.73. The second-order valence-electron chi connectivity index (χ2n) is 4.88. The van der Waals surface area contributed by atoms with E-state index in [4.69, 9.17) is 0 Å². The third kappa shape index (κ3) is 2.48. The van der Waals surface area contributed by atoms with Gasteiger partial charge in [-0.25, -0.2) is 0 Å². The predicted octanol–water partition coefficient (Wildman–Crippen LogP) is 2.96. The summed E-state index contributed by atoms with van der Waals surface area (Å²) in [5.74, 6) is -0.191. The molecule has 4 heteroatoms. The summed E-state index contributed by atoms with van der Waals surface area (Å²) in [6.45, 7) is 2.07. The third-order valence-corrected chi connectivity index (χ3v) is 3.50. The first kappa shape index (κ1) is 13.2. The Balaban J connectivity index is 2.02. The van der Waals surface area contributed by atoms with E-state index in [9.17, 15) is 4.79 Å². The Kier molecular flexibility index (Phi) is 3.36. The first-order valence-electron chi connectivity index (χ1n) is 6.73. The molecule has 0 radical (unpaired) electrons. The minimum Gasteiger partial charge on any atom is -0.354 e. The number of amides is 1. The maximum absolute atomic E-state index is 11.5. The van der Waals surface area contributed by atoms with Crippen LogP contribution in [0.5, 0.6) is 0 Å². The summed E-state index contributed by atoms with van der Waals surface area (Å²) in [6.07, 6.45) is 3.56. The number of nitrogens with one attached hydrogen (secondary N) is 1. The highest BCUT2D eigenvalue weighted by atomic mass is 16.1. The maximum atomic E-state index is 11.5. The lowest BCUT2D eigenvalue weighted by Gasteiger charge is -2.06. The van der Waals surface area contributed by atoms with Gasteiger partial charge < -0.3 is 5.32 Å². The van der Waals surface area contributed by atoms with Crippen LogP contribution in [-0.4, -0.2) is 22.9 Å². The molecule has 0 spiro atoms. The average Bonchev–Trinajstić information content (AvgIpc) is 2.54. The molecule has 0 aliphatic carbocycles. The first-order chi connectivity index (χ1) is 10.2. The number of hydrogen-bond acceptors (Lipinski definition) is 3. The van der Waals surface area contributed by atoms with Crippen LogP contribution >= 0.6 is 0 Å². The summed E-state index contributed by atoms with van der Waals surface area (Å²) in [6, 6.07) is 11.8. The number of rotatable bonds is 2. The lowest BCUT2D eigenvalue weighted by atomic mass is 10.1. The van der Waals surface area contributed by atoms with Gasteiger partial charge in [-0.15, -0.1) is 0 Å². The molecule has 3 aromatic rings. The van der Waals surface area contributed by atoms with Crippen LogP contribution in [0, 0.1) is 6.92 Å². The molecule has 3 rings (SSSR count). The molecule has 0 fully saturated rings. The average molecular weight is 277 g/mol. The van der Waals surface area contributed by atoms with Crippen LogP contribution in [0.2, 0.25) is 0 Å². The van der Waals surface area contributed by atoms with Gasteiger partial charge in [0.2, 0.25) is 0 Å². The molecule has 0 atom stereocenters. The number of carbonyl (C=O) groups is 1. The Morgan fingerprint density at radius 3 is 2.67 bits per heavy atom. The van der Waals surface area contributed by atoms with Crippen LogP contribution < -0.4 is 5.32 Å². The lowest BCUT2D eigenvalue weighted by molar-refractivity contribution is 0.0958. The molecular weight excluding hydrogens is 262 g/mol. The van der Waals surface area contributed by atoms with Crippen molar-refractivity contribution in [3.8, 4) is 11.3 Å². The van der Waals surface area contributed by atoms with Gasteiger partial charge in [-0.05, 0) is 36.1 Å². The molecule has 1 amide bonds. The smallest absolute Gasteiger partial charge is 0.269 e. The van der Waals surface area contributed by atoms with E-state index < -0.39 is 0 Å². The molecule has 0 saturated heterocycles.